The lowest BCUT2D eigenvalue weighted by molar-refractivity contribution is -0.127. The molecule has 0 aliphatic carbocycles. The molecule has 1 amide bonds. The van der Waals surface area contributed by atoms with Crippen LogP contribution < -0.4 is 10.6 Å². The predicted molar refractivity (Wildman–Crippen MR) is 112 cm³/mol. The lowest BCUT2D eigenvalue weighted by Crippen LogP contribution is -2.51. The van der Waals surface area contributed by atoms with Crippen molar-refractivity contribution in [1.29, 1.82) is 0 Å². The molecule has 2 unspecified atom stereocenters. The highest BCUT2D eigenvalue weighted by Crippen LogP contribution is 2.13. The summed E-state index contributed by atoms with van der Waals surface area (Å²) in [6, 6.07) is 0.426. The number of morpholine rings is 1. The first kappa shape index (κ1) is 22.9. The van der Waals surface area contributed by atoms with Gasteiger partial charge in [0.1, 0.15) is 6.54 Å². The second kappa shape index (κ2) is 12.2. The topological polar surface area (TPSA) is 78.4 Å². The second-order valence-corrected chi connectivity index (χ2v) is 8.38. The summed E-state index contributed by atoms with van der Waals surface area (Å²) >= 11 is 0. The van der Waals surface area contributed by atoms with Gasteiger partial charge in [0, 0.05) is 58.8 Å². The zero-order valence-corrected chi connectivity index (χ0v) is 18.1. The fourth-order valence-corrected chi connectivity index (χ4v) is 3.51. The molecule has 2 aliphatic heterocycles. The Hall–Kier alpha value is -1.38. The van der Waals surface area contributed by atoms with E-state index in [1.54, 1.807) is 19.0 Å². The van der Waals surface area contributed by atoms with E-state index in [1.807, 2.05) is 0 Å². The number of carbonyl (C=O) groups excluding carboxylic acids is 1. The number of hydrogen-bond donors (Lipinski definition) is 2. The van der Waals surface area contributed by atoms with Gasteiger partial charge >= 0.3 is 0 Å². The van der Waals surface area contributed by atoms with Gasteiger partial charge in [0.15, 0.2) is 5.96 Å². The maximum Gasteiger partial charge on any atom is 0.243 e. The van der Waals surface area contributed by atoms with Crippen LogP contribution in [0.4, 0.5) is 0 Å². The van der Waals surface area contributed by atoms with Crippen LogP contribution in [-0.4, -0.2) is 101 Å². The Labute approximate surface area is 170 Å². The van der Waals surface area contributed by atoms with Crippen LogP contribution in [0.3, 0.4) is 0 Å². The van der Waals surface area contributed by atoms with Crippen LogP contribution in [0, 0.1) is 11.8 Å². The zero-order valence-electron chi connectivity index (χ0n) is 18.1. The third kappa shape index (κ3) is 8.32. The van der Waals surface area contributed by atoms with Crippen LogP contribution in [0.1, 0.15) is 26.7 Å². The van der Waals surface area contributed by atoms with Crippen molar-refractivity contribution in [3.63, 3.8) is 0 Å². The largest absolute Gasteiger partial charge is 0.381 e. The molecule has 2 atom stereocenters. The van der Waals surface area contributed by atoms with Crippen LogP contribution in [-0.2, 0) is 14.3 Å². The number of nitrogens with one attached hydrogen (secondary N) is 2. The van der Waals surface area contributed by atoms with Crippen molar-refractivity contribution in [2.75, 3.05) is 73.2 Å². The summed E-state index contributed by atoms with van der Waals surface area (Å²) in [5.74, 6) is 1.83. The third-order valence-corrected chi connectivity index (χ3v) is 5.26. The van der Waals surface area contributed by atoms with Crippen molar-refractivity contribution in [3.8, 4) is 0 Å². The predicted octanol–water partition coefficient (Wildman–Crippen LogP) is 0.393. The maximum absolute atomic E-state index is 12.0. The fraction of sp³-hybridized carbons (Fsp3) is 0.900. The van der Waals surface area contributed by atoms with Gasteiger partial charge in [0.2, 0.25) is 5.91 Å². The van der Waals surface area contributed by atoms with Gasteiger partial charge in [-0.1, -0.05) is 13.8 Å². The van der Waals surface area contributed by atoms with Crippen LogP contribution in [0.25, 0.3) is 0 Å². The highest BCUT2D eigenvalue weighted by Gasteiger charge is 2.22. The van der Waals surface area contributed by atoms with E-state index in [0.717, 1.165) is 65.4 Å². The first-order valence-electron chi connectivity index (χ1n) is 10.6. The van der Waals surface area contributed by atoms with Crippen molar-refractivity contribution < 1.29 is 14.3 Å². The standard InChI is InChI=1S/C20H39N5O3/c1-16(2)11-18(25-6-9-27-10-7-25)13-22-20(23-14-19(26)24(3)4)21-12-17-5-8-28-15-17/h16-18H,5-15H2,1-4H3,(H2,21,22,23). The normalized spacial score (nSPS) is 22.3. The van der Waals surface area contributed by atoms with E-state index >= 15 is 0 Å². The number of hydrogen-bond acceptors (Lipinski definition) is 5. The molecule has 2 saturated heterocycles. The molecule has 162 valence electrons. The molecule has 28 heavy (non-hydrogen) atoms. The molecule has 0 aromatic heterocycles. The number of nitrogens with zero attached hydrogens (tertiary/aromatic N) is 3. The monoisotopic (exact) mass is 397 g/mol. The molecule has 2 aliphatic rings. The van der Waals surface area contributed by atoms with Crippen molar-refractivity contribution in [3.05, 3.63) is 0 Å². The van der Waals surface area contributed by atoms with Crippen molar-refractivity contribution in [2.24, 2.45) is 16.8 Å². The van der Waals surface area contributed by atoms with Crippen molar-refractivity contribution >= 4 is 11.9 Å². The first-order chi connectivity index (χ1) is 13.5. The zero-order chi connectivity index (χ0) is 20.4. The van der Waals surface area contributed by atoms with Crippen LogP contribution in [0.15, 0.2) is 4.99 Å². The van der Waals surface area contributed by atoms with E-state index in [0.29, 0.717) is 23.8 Å². The summed E-state index contributed by atoms with van der Waals surface area (Å²) in [6.07, 6.45) is 2.19. The molecule has 2 heterocycles. The van der Waals surface area contributed by atoms with Crippen LogP contribution in [0.5, 0.6) is 0 Å². The van der Waals surface area contributed by atoms with Gasteiger partial charge < -0.3 is 25.0 Å². The minimum Gasteiger partial charge on any atom is -0.381 e. The highest BCUT2D eigenvalue weighted by atomic mass is 16.5. The minimum atomic E-state index is -0.00258. The quantitative estimate of drug-likeness (QED) is 0.433. The summed E-state index contributed by atoms with van der Waals surface area (Å²) in [5, 5.41) is 6.90. The minimum absolute atomic E-state index is 0.00258. The van der Waals surface area contributed by atoms with E-state index in [2.05, 4.69) is 34.4 Å². The average molecular weight is 398 g/mol. The summed E-state index contributed by atoms with van der Waals surface area (Å²) in [5.41, 5.74) is 0. The van der Waals surface area contributed by atoms with E-state index < -0.39 is 0 Å². The summed E-state index contributed by atoms with van der Waals surface area (Å²) < 4.78 is 11.0. The first-order valence-corrected chi connectivity index (χ1v) is 10.6. The molecular weight excluding hydrogens is 358 g/mol. The van der Waals surface area contributed by atoms with Gasteiger partial charge in [-0.15, -0.1) is 0 Å². The third-order valence-electron chi connectivity index (χ3n) is 5.26. The Morgan fingerprint density at radius 2 is 1.93 bits per heavy atom. The molecule has 2 rings (SSSR count). The molecular formula is C20H39N5O3. The van der Waals surface area contributed by atoms with E-state index in [1.165, 1.54) is 0 Å². The number of aliphatic imine (C=N–C) groups is 1. The lowest BCUT2D eigenvalue weighted by atomic mass is 10.0. The Bertz CT molecular complexity index is 486. The molecule has 8 heteroatoms. The number of ether oxygens (including phenoxy) is 2. The second-order valence-electron chi connectivity index (χ2n) is 8.38. The number of rotatable bonds is 9. The van der Waals surface area contributed by atoms with E-state index in [9.17, 15) is 4.79 Å². The average Bonchev–Trinajstić information content (AvgIpc) is 3.20. The Morgan fingerprint density at radius 3 is 2.54 bits per heavy atom. The number of carbonyl (C=O) groups is 1. The molecule has 2 N–H and O–H groups in total. The Kier molecular flexibility index (Phi) is 10.0. The van der Waals surface area contributed by atoms with Gasteiger partial charge in [0.25, 0.3) is 0 Å². The molecule has 2 fully saturated rings. The summed E-state index contributed by atoms with van der Waals surface area (Å²) in [7, 11) is 3.51. The molecule has 0 radical (unpaired) electrons. The van der Waals surface area contributed by atoms with E-state index in [-0.39, 0.29) is 12.5 Å². The van der Waals surface area contributed by atoms with Gasteiger partial charge in [-0.3, -0.25) is 9.69 Å². The SMILES string of the molecule is CC(C)CC(CNC(=NCC(=O)N(C)C)NCC1CCOC1)N1CCOCC1. The maximum atomic E-state index is 12.0. The molecule has 0 saturated carbocycles. The van der Waals surface area contributed by atoms with Gasteiger partial charge in [-0.25, -0.2) is 4.99 Å². The van der Waals surface area contributed by atoms with Crippen LogP contribution in [0.2, 0.25) is 0 Å². The van der Waals surface area contributed by atoms with Crippen LogP contribution >= 0.6 is 0 Å². The van der Waals surface area contributed by atoms with Crippen molar-refractivity contribution in [2.45, 2.75) is 32.7 Å². The Balaban J connectivity index is 1.94. The summed E-state index contributed by atoms with van der Waals surface area (Å²) in [4.78, 5) is 20.6. The number of amides is 1. The molecule has 0 spiro atoms. The van der Waals surface area contributed by atoms with Crippen molar-refractivity contribution in [1.82, 2.24) is 20.4 Å². The van der Waals surface area contributed by atoms with E-state index in [4.69, 9.17) is 9.47 Å². The summed E-state index contributed by atoms with van der Waals surface area (Å²) in [6.45, 7) is 11.5. The van der Waals surface area contributed by atoms with Gasteiger partial charge in [-0.2, -0.15) is 0 Å². The van der Waals surface area contributed by atoms with Gasteiger partial charge in [0.05, 0.1) is 19.8 Å². The fourth-order valence-electron chi connectivity index (χ4n) is 3.51. The van der Waals surface area contributed by atoms with Gasteiger partial charge in [-0.05, 0) is 18.8 Å². The lowest BCUT2D eigenvalue weighted by Gasteiger charge is -2.35. The Morgan fingerprint density at radius 1 is 1.18 bits per heavy atom. The number of guanidine groups is 1. The number of likely N-dealkylation sites (N-methyl/N-ethyl adjacent to an activating group) is 1. The smallest absolute Gasteiger partial charge is 0.243 e. The molecule has 8 nitrogen and oxygen atoms in total. The molecule has 0 aromatic carbocycles. The molecule has 0 aromatic rings. The molecule has 0 bridgehead atoms. The highest BCUT2D eigenvalue weighted by molar-refractivity contribution is 5.84.